The molecule has 1 N–H and O–H groups in total. The quantitative estimate of drug-likeness (QED) is 0.476. The molecule has 0 bridgehead atoms. The Morgan fingerprint density at radius 2 is 1.84 bits per heavy atom. The normalized spacial score (nSPS) is 14.3. The highest BCUT2D eigenvalue weighted by molar-refractivity contribution is 7.90. The van der Waals surface area contributed by atoms with Crippen molar-refractivity contribution < 1.29 is 17.9 Å². The summed E-state index contributed by atoms with van der Waals surface area (Å²) in [5, 5.41) is 9.79. The van der Waals surface area contributed by atoms with Gasteiger partial charge in [-0.1, -0.05) is 48.0 Å². The van der Waals surface area contributed by atoms with Crippen LogP contribution in [0.1, 0.15) is 11.3 Å². The fourth-order valence-electron chi connectivity index (χ4n) is 3.74. The average Bonchev–Trinajstić information content (AvgIpc) is 3.24. The highest BCUT2D eigenvalue weighted by Gasteiger charge is 2.33. The van der Waals surface area contributed by atoms with Gasteiger partial charge in [0.1, 0.15) is 11.6 Å². The summed E-state index contributed by atoms with van der Waals surface area (Å²) in [4.78, 5) is 12.7. The van der Waals surface area contributed by atoms with Crippen molar-refractivity contribution in [3.63, 3.8) is 0 Å². The number of sulfone groups is 1. The highest BCUT2D eigenvalue weighted by Crippen LogP contribution is 2.33. The molecule has 1 aromatic heterocycles. The molecule has 3 aromatic carbocycles. The third-order valence-electron chi connectivity index (χ3n) is 5.19. The molecule has 0 aliphatic carbocycles. The first kappa shape index (κ1) is 20.5. The molecule has 9 heteroatoms. The molecule has 162 valence electrons. The van der Waals surface area contributed by atoms with Gasteiger partial charge in [0.25, 0.3) is 5.91 Å². The van der Waals surface area contributed by atoms with E-state index in [-0.39, 0.29) is 18.1 Å². The van der Waals surface area contributed by atoms with E-state index in [1.54, 1.807) is 30.3 Å². The van der Waals surface area contributed by atoms with Crippen LogP contribution in [0.5, 0.6) is 5.75 Å². The Morgan fingerprint density at radius 1 is 1.03 bits per heavy atom. The molecule has 1 aliphatic rings. The number of rotatable bonds is 5. The number of benzene rings is 3. The van der Waals surface area contributed by atoms with Crippen LogP contribution in [-0.4, -0.2) is 30.7 Å². The van der Waals surface area contributed by atoms with Crippen molar-refractivity contribution in [3.8, 4) is 11.4 Å². The number of ether oxygens (including phenoxy) is 1. The molecule has 0 atom stereocenters. The first-order valence-corrected chi connectivity index (χ1v) is 12.1. The Hall–Kier alpha value is -3.36. The summed E-state index contributed by atoms with van der Waals surface area (Å²) < 4.78 is 31.4. The van der Waals surface area contributed by atoms with Gasteiger partial charge < -0.3 is 10.1 Å². The number of halogens is 1. The summed E-state index contributed by atoms with van der Waals surface area (Å²) in [7, 11) is -3.29. The van der Waals surface area contributed by atoms with Gasteiger partial charge in [-0.3, -0.25) is 4.79 Å². The molecule has 0 radical (unpaired) electrons. The van der Waals surface area contributed by atoms with Gasteiger partial charge in [-0.15, -0.1) is 0 Å². The van der Waals surface area contributed by atoms with E-state index in [1.807, 2.05) is 36.4 Å². The minimum absolute atomic E-state index is 0.160. The predicted molar refractivity (Wildman–Crippen MR) is 123 cm³/mol. The van der Waals surface area contributed by atoms with Crippen LogP contribution in [0.15, 0.2) is 66.7 Å². The second-order valence-corrected chi connectivity index (χ2v) is 10.0. The SMILES string of the molecule is O=C(COc1ccc2ccccc2c1)Nc1c2c(nn1-c1cccc(Cl)c1)CS(=O)(=O)C2. The summed E-state index contributed by atoms with van der Waals surface area (Å²) >= 11 is 6.11. The Labute approximate surface area is 189 Å². The van der Waals surface area contributed by atoms with Crippen LogP contribution in [0.25, 0.3) is 16.5 Å². The standard InChI is InChI=1S/C23H18ClN3O4S/c24-17-6-3-7-18(11-17)27-23(20-13-32(29,30)14-21(20)26-27)25-22(28)12-31-19-9-8-15-4-1-2-5-16(15)10-19/h1-11H,12-14H2,(H,25,28). The van der Waals surface area contributed by atoms with Gasteiger partial charge >= 0.3 is 0 Å². The molecule has 1 amide bonds. The van der Waals surface area contributed by atoms with E-state index >= 15 is 0 Å². The lowest BCUT2D eigenvalue weighted by Gasteiger charge is -2.12. The Bertz CT molecular complexity index is 1460. The highest BCUT2D eigenvalue weighted by atomic mass is 35.5. The van der Waals surface area contributed by atoms with Crippen LogP contribution >= 0.6 is 11.6 Å². The lowest BCUT2D eigenvalue weighted by atomic mass is 10.1. The van der Waals surface area contributed by atoms with Gasteiger partial charge in [-0.2, -0.15) is 5.10 Å². The molecule has 4 aromatic rings. The van der Waals surface area contributed by atoms with E-state index in [0.717, 1.165) is 10.8 Å². The lowest BCUT2D eigenvalue weighted by molar-refractivity contribution is -0.118. The zero-order valence-corrected chi connectivity index (χ0v) is 18.4. The first-order chi connectivity index (χ1) is 15.4. The second-order valence-electron chi connectivity index (χ2n) is 7.54. The van der Waals surface area contributed by atoms with Crippen molar-refractivity contribution in [2.75, 3.05) is 11.9 Å². The largest absolute Gasteiger partial charge is 0.484 e. The van der Waals surface area contributed by atoms with Crippen molar-refractivity contribution in [2.24, 2.45) is 0 Å². The third kappa shape index (κ3) is 4.06. The van der Waals surface area contributed by atoms with E-state index < -0.39 is 15.7 Å². The number of hydrogen-bond acceptors (Lipinski definition) is 5. The average molecular weight is 468 g/mol. The van der Waals surface area contributed by atoms with Crippen LogP contribution in [-0.2, 0) is 26.1 Å². The summed E-state index contributed by atoms with van der Waals surface area (Å²) in [5.41, 5.74) is 1.54. The fourth-order valence-corrected chi connectivity index (χ4v) is 5.42. The minimum Gasteiger partial charge on any atom is -0.484 e. The van der Waals surface area contributed by atoms with E-state index in [2.05, 4.69) is 10.4 Å². The van der Waals surface area contributed by atoms with Gasteiger partial charge in [-0.25, -0.2) is 13.1 Å². The van der Waals surface area contributed by atoms with Gasteiger partial charge in [0.2, 0.25) is 0 Å². The number of nitrogens with zero attached hydrogens (tertiary/aromatic N) is 2. The monoisotopic (exact) mass is 467 g/mol. The molecule has 32 heavy (non-hydrogen) atoms. The smallest absolute Gasteiger partial charge is 0.263 e. The summed E-state index contributed by atoms with van der Waals surface area (Å²) in [6.07, 6.45) is 0. The van der Waals surface area contributed by atoms with Crippen molar-refractivity contribution >= 4 is 43.9 Å². The Balaban J connectivity index is 1.39. The van der Waals surface area contributed by atoms with Crippen LogP contribution in [0, 0.1) is 0 Å². The van der Waals surface area contributed by atoms with E-state index in [0.29, 0.717) is 33.5 Å². The second kappa shape index (κ2) is 7.96. The number of anilines is 1. The number of aromatic nitrogens is 2. The molecule has 0 saturated carbocycles. The molecular weight excluding hydrogens is 450 g/mol. The maximum atomic E-state index is 12.7. The van der Waals surface area contributed by atoms with Crippen molar-refractivity contribution in [1.29, 1.82) is 0 Å². The summed E-state index contributed by atoms with van der Waals surface area (Å²) in [5.74, 6) is 0.120. The molecule has 1 aliphatic heterocycles. The number of nitrogens with one attached hydrogen (secondary N) is 1. The first-order valence-electron chi connectivity index (χ1n) is 9.86. The minimum atomic E-state index is -3.29. The Morgan fingerprint density at radius 3 is 2.66 bits per heavy atom. The van der Waals surface area contributed by atoms with E-state index in [1.165, 1.54) is 4.68 Å². The summed E-state index contributed by atoms with van der Waals surface area (Å²) in [6, 6.07) is 20.4. The molecule has 0 unspecified atom stereocenters. The molecule has 0 saturated heterocycles. The molecule has 2 heterocycles. The van der Waals surface area contributed by atoms with Gasteiger partial charge in [0.05, 0.1) is 22.9 Å². The molecule has 0 fully saturated rings. The topological polar surface area (TPSA) is 90.3 Å². The zero-order chi connectivity index (χ0) is 22.3. The third-order valence-corrected chi connectivity index (χ3v) is 6.87. The lowest BCUT2D eigenvalue weighted by Crippen LogP contribution is -2.22. The zero-order valence-electron chi connectivity index (χ0n) is 16.8. The van der Waals surface area contributed by atoms with Crippen molar-refractivity contribution in [1.82, 2.24) is 9.78 Å². The number of fused-ring (bicyclic) bond motifs is 2. The Kier molecular flexibility index (Phi) is 5.11. The van der Waals surface area contributed by atoms with Gasteiger partial charge in [0, 0.05) is 10.6 Å². The predicted octanol–water partition coefficient (Wildman–Crippen LogP) is 4.12. The van der Waals surface area contributed by atoms with Gasteiger partial charge in [-0.05, 0) is 41.1 Å². The maximum Gasteiger partial charge on any atom is 0.263 e. The van der Waals surface area contributed by atoms with E-state index in [9.17, 15) is 13.2 Å². The van der Waals surface area contributed by atoms with Crippen LogP contribution in [0.3, 0.4) is 0 Å². The van der Waals surface area contributed by atoms with E-state index in [4.69, 9.17) is 16.3 Å². The van der Waals surface area contributed by atoms with Gasteiger partial charge in [0.15, 0.2) is 16.4 Å². The molecule has 7 nitrogen and oxygen atoms in total. The maximum absolute atomic E-state index is 12.7. The van der Waals surface area contributed by atoms with Crippen LogP contribution in [0.4, 0.5) is 5.82 Å². The summed E-state index contributed by atoms with van der Waals surface area (Å²) in [6.45, 7) is -0.236. The fraction of sp³-hybridized carbons (Fsp3) is 0.130. The number of amides is 1. The molecule has 5 rings (SSSR count). The molecule has 0 spiro atoms. The number of carbonyl (C=O) groups excluding carboxylic acids is 1. The number of hydrogen-bond donors (Lipinski definition) is 1. The van der Waals surface area contributed by atoms with Crippen LogP contribution in [0.2, 0.25) is 5.02 Å². The van der Waals surface area contributed by atoms with Crippen LogP contribution < -0.4 is 10.1 Å². The molecular formula is C23H18ClN3O4S. The van der Waals surface area contributed by atoms with Crippen molar-refractivity contribution in [2.45, 2.75) is 11.5 Å². The van der Waals surface area contributed by atoms with Crippen molar-refractivity contribution in [3.05, 3.63) is 83.0 Å². The number of carbonyl (C=O) groups is 1.